The third-order valence-corrected chi connectivity index (χ3v) is 4.87. The Morgan fingerprint density at radius 3 is 2.50 bits per heavy atom. The molecular formula is C19H25N3O2. The van der Waals surface area contributed by atoms with Crippen molar-refractivity contribution in [3.8, 4) is 16.9 Å². The highest BCUT2D eigenvalue weighted by Gasteiger charge is 2.25. The van der Waals surface area contributed by atoms with Gasteiger partial charge < -0.3 is 9.64 Å². The number of amides is 1. The predicted molar refractivity (Wildman–Crippen MR) is 93.9 cm³/mol. The van der Waals surface area contributed by atoms with Crippen molar-refractivity contribution in [2.45, 2.75) is 32.7 Å². The minimum atomic E-state index is -0.273. The molecular weight excluding hydrogens is 302 g/mol. The molecule has 5 nitrogen and oxygen atoms in total. The summed E-state index contributed by atoms with van der Waals surface area (Å²) < 4.78 is 6.95. The van der Waals surface area contributed by atoms with Crippen LogP contribution in [0.4, 0.5) is 0 Å². The Morgan fingerprint density at radius 1 is 1.21 bits per heavy atom. The number of piperidine rings is 1. The van der Waals surface area contributed by atoms with E-state index in [1.165, 1.54) is 0 Å². The van der Waals surface area contributed by atoms with Crippen LogP contribution in [0, 0.1) is 5.92 Å². The maximum Gasteiger partial charge on any atom is 0.247 e. The molecule has 1 saturated heterocycles. The average Bonchev–Trinajstić information content (AvgIpc) is 3.11. The van der Waals surface area contributed by atoms with Crippen LogP contribution in [0.1, 0.15) is 32.7 Å². The van der Waals surface area contributed by atoms with Gasteiger partial charge >= 0.3 is 0 Å². The lowest BCUT2D eigenvalue weighted by Crippen LogP contribution is -2.41. The van der Waals surface area contributed by atoms with E-state index in [1.807, 2.05) is 48.5 Å². The van der Waals surface area contributed by atoms with Crippen molar-refractivity contribution in [1.29, 1.82) is 0 Å². The summed E-state index contributed by atoms with van der Waals surface area (Å²) in [6.07, 6.45) is 5.93. The Kier molecular flexibility index (Phi) is 4.88. The number of carbonyl (C=O) groups is 1. The molecule has 0 saturated carbocycles. The van der Waals surface area contributed by atoms with Gasteiger partial charge in [0, 0.05) is 24.8 Å². The number of ether oxygens (including phenoxy) is 1. The second-order valence-corrected chi connectivity index (χ2v) is 6.62. The molecule has 3 rings (SSSR count). The first-order chi connectivity index (χ1) is 11.6. The topological polar surface area (TPSA) is 47.4 Å². The van der Waals surface area contributed by atoms with E-state index in [9.17, 15) is 4.79 Å². The Labute approximate surface area is 143 Å². The SMILES string of the molecule is COc1ccc(-c2cnn(C(C)C(=O)N3CCC(C)CC3)c2)cc1. The zero-order valence-corrected chi connectivity index (χ0v) is 14.6. The second kappa shape index (κ2) is 7.07. The van der Waals surface area contributed by atoms with Crippen molar-refractivity contribution in [3.05, 3.63) is 36.7 Å². The molecule has 2 heterocycles. The van der Waals surface area contributed by atoms with Gasteiger partial charge in [-0.25, -0.2) is 0 Å². The summed E-state index contributed by atoms with van der Waals surface area (Å²) in [5.41, 5.74) is 2.07. The maximum atomic E-state index is 12.7. The smallest absolute Gasteiger partial charge is 0.247 e. The van der Waals surface area contributed by atoms with E-state index in [0.717, 1.165) is 48.7 Å². The van der Waals surface area contributed by atoms with Crippen LogP contribution in [-0.2, 0) is 4.79 Å². The fourth-order valence-corrected chi connectivity index (χ4v) is 3.09. The van der Waals surface area contributed by atoms with Gasteiger partial charge in [-0.1, -0.05) is 19.1 Å². The third-order valence-electron chi connectivity index (χ3n) is 4.87. The molecule has 1 aliphatic rings. The number of hydrogen-bond donors (Lipinski definition) is 0. The molecule has 24 heavy (non-hydrogen) atoms. The van der Waals surface area contributed by atoms with Crippen LogP contribution in [0.25, 0.3) is 11.1 Å². The number of hydrogen-bond acceptors (Lipinski definition) is 3. The monoisotopic (exact) mass is 327 g/mol. The number of methoxy groups -OCH3 is 1. The Balaban J connectivity index is 1.70. The maximum absolute atomic E-state index is 12.7. The van der Waals surface area contributed by atoms with Gasteiger partial charge in [0.05, 0.1) is 13.3 Å². The minimum Gasteiger partial charge on any atom is -0.497 e. The van der Waals surface area contributed by atoms with E-state index in [4.69, 9.17) is 4.74 Å². The first kappa shape index (κ1) is 16.6. The molecule has 1 fully saturated rings. The summed E-state index contributed by atoms with van der Waals surface area (Å²) in [4.78, 5) is 14.7. The molecule has 1 atom stereocenters. The van der Waals surface area contributed by atoms with Gasteiger partial charge in [0.2, 0.25) is 5.91 Å². The highest BCUT2D eigenvalue weighted by Crippen LogP contribution is 2.24. The second-order valence-electron chi connectivity index (χ2n) is 6.62. The van der Waals surface area contributed by atoms with Crippen molar-refractivity contribution in [1.82, 2.24) is 14.7 Å². The van der Waals surface area contributed by atoms with Crippen LogP contribution in [-0.4, -0.2) is 40.8 Å². The molecule has 0 radical (unpaired) electrons. The van der Waals surface area contributed by atoms with Crippen molar-refractivity contribution >= 4 is 5.91 Å². The lowest BCUT2D eigenvalue weighted by molar-refractivity contribution is -0.135. The molecule has 0 bridgehead atoms. The predicted octanol–water partition coefficient (Wildman–Crippen LogP) is 3.38. The first-order valence-electron chi connectivity index (χ1n) is 8.56. The number of benzene rings is 1. The molecule has 1 aromatic heterocycles. The quantitative estimate of drug-likeness (QED) is 0.865. The normalized spacial score (nSPS) is 16.9. The fraction of sp³-hybridized carbons (Fsp3) is 0.474. The van der Waals surface area contributed by atoms with Gasteiger partial charge in [-0.15, -0.1) is 0 Å². The molecule has 0 N–H and O–H groups in total. The zero-order chi connectivity index (χ0) is 17.1. The van der Waals surface area contributed by atoms with Crippen molar-refractivity contribution < 1.29 is 9.53 Å². The van der Waals surface area contributed by atoms with Crippen molar-refractivity contribution in [3.63, 3.8) is 0 Å². The minimum absolute atomic E-state index is 0.159. The summed E-state index contributed by atoms with van der Waals surface area (Å²) in [5, 5.41) is 4.40. The van der Waals surface area contributed by atoms with Gasteiger partial charge in [0.1, 0.15) is 11.8 Å². The molecule has 5 heteroatoms. The summed E-state index contributed by atoms with van der Waals surface area (Å²) in [6.45, 7) is 5.89. The molecule has 1 aromatic carbocycles. The Bertz CT molecular complexity index is 685. The van der Waals surface area contributed by atoms with Crippen LogP contribution in [0.2, 0.25) is 0 Å². The number of nitrogens with zero attached hydrogens (tertiary/aromatic N) is 3. The molecule has 0 spiro atoms. The summed E-state index contributed by atoms with van der Waals surface area (Å²) in [7, 11) is 1.65. The average molecular weight is 327 g/mol. The van der Waals surface area contributed by atoms with Crippen LogP contribution in [0.15, 0.2) is 36.7 Å². The third kappa shape index (κ3) is 3.45. The van der Waals surface area contributed by atoms with Crippen molar-refractivity contribution in [2.75, 3.05) is 20.2 Å². The molecule has 0 aliphatic carbocycles. The van der Waals surface area contributed by atoms with Crippen LogP contribution in [0.3, 0.4) is 0 Å². The number of aromatic nitrogens is 2. The number of rotatable bonds is 4. The largest absolute Gasteiger partial charge is 0.497 e. The zero-order valence-electron chi connectivity index (χ0n) is 14.6. The van der Waals surface area contributed by atoms with Crippen LogP contribution >= 0.6 is 0 Å². The van der Waals surface area contributed by atoms with Gasteiger partial charge in [0.25, 0.3) is 0 Å². The van der Waals surface area contributed by atoms with E-state index >= 15 is 0 Å². The summed E-state index contributed by atoms with van der Waals surface area (Å²) in [6, 6.07) is 7.58. The van der Waals surface area contributed by atoms with E-state index in [2.05, 4.69) is 12.0 Å². The van der Waals surface area contributed by atoms with Gasteiger partial charge in [-0.2, -0.15) is 5.10 Å². The molecule has 1 amide bonds. The lowest BCUT2D eigenvalue weighted by Gasteiger charge is -2.32. The van der Waals surface area contributed by atoms with E-state index in [-0.39, 0.29) is 11.9 Å². The lowest BCUT2D eigenvalue weighted by atomic mass is 9.99. The molecule has 1 aliphatic heterocycles. The van der Waals surface area contributed by atoms with E-state index in [1.54, 1.807) is 11.8 Å². The number of carbonyl (C=O) groups excluding carboxylic acids is 1. The van der Waals surface area contributed by atoms with Crippen LogP contribution < -0.4 is 4.74 Å². The van der Waals surface area contributed by atoms with Gasteiger partial charge in [-0.3, -0.25) is 9.48 Å². The van der Waals surface area contributed by atoms with Crippen molar-refractivity contribution in [2.24, 2.45) is 5.92 Å². The van der Waals surface area contributed by atoms with Gasteiger partial charge in [0.15, 0.2) is 0 Å². The number of likely N-dealkylation sites (tertiary alicyclic amines) is 1. The molecule has 128 valence electrons. The first-order valence-corrected chi connectivity index (χ1v) is 8.56. The van der Waals surface area contributed by atoms with E-state index < -0.39 is 0 Å². The fourth-order valence-electron chi connectivity index (χ4n) is 3.09. The highest BCUT2D eigenvalue weighted by molar-refractivity contribution is 5.80. The molecule has 2 aromatic rings. The van der Waals surface area contributed by atoms with E-state index in [0.29, 0.717) is 0 Å². The Morgan fingerprint density at radius 2 is 1.88 bits per heavy atom. The standard InChI is InChI=1S/C19H25N3O2/c1-14-8-10-21(11-9-14)19(23)15(2)22-13-17(12-20-22)16-4-6-18(24-3)7-5-16/h4-7,12-15H,8-11H2,1-3H3. The van der Waals surface area contributed by atoms with Crippen LogP contribution in [0.5, 0.6) is 5.75 Å². The highest BCUT2D eigenvalue weighted by atomic mass is 16.5. The summed E-state index contributed by atoms with van der Waals surface area (Å²) >= 11 is 0. The van der Waals surface area contributed by atoms with Gasteiger partial charge in [-0.05, 0) is 43.4 Å². The molecule has 1 unspecified atom stereocenters. The Hall–Kier alpha value is -2.30. The summed E-state index contributed by atoms with van der Waals surface area (Å²) in [5.74, 6) is 1.70.